The van der Waals surface area contributed by atoms with Gasteiger partial charge in [-0.2, -0.15) is 0 Å². The molecular weight excluding hydrogens is 319 g/mol. The molecule has 96 valence electrons. The zero-order chi connectivity index (χ0) is 12.9. The first kappa shape index (κ1) is 12.5. The Bertz CT molecular complexity index is 529. The molecule has 2 aliphatic carbocycles. The lowest BCUT2D eigenvalue weighted by Crippen LogP contribution is -2.11. The van der Waals surface area contributed by atoms with Crippen LogP contribution >= 0.6 is 27.5 Å². The van der Waals surface area contributed by atoms with Crippen LogP contribution in [0.3, 0.4) is 0 Å². The number of halogens is 3. The molecule has 1 fully saturated rings. The van der Waals surface area contributed by atoms with E-state index in [4.69, 9.17) is 11.6 Å². The Hall–Kier alpha value is -0.540. The molecule has 18 heavy (non-hydrogen) atoms. The largest absolute Gasteiger partial charge is 0.505 e. The Kier molecular flexibility index (Phi) is 3.15. The third-order valence-corrected chi connectivity index (χ3v) is 5.29. The third kappa shape index (κ3) is 1.79. The molecule has 0 heterocycles. The van der Waals surface area contributed by atoms with Gasteiger partial charge in [-0.05, 0) is 40.8 Å². The molecular formula is C14H13BrClFO. The molecule has 4 heteroatoms. The predicted molar refractivity (Wildman–Crippen MR) is 73.7 cm³/mol. The van der Waals surface area contributed by atoms with Crippen LogP contribution in [-0.2, 0) is 0 Å². The highest BCUT2D eigenvalue weighted by atomic mass is 79.9. The van der Waals surface area contributed by atoms with Crippen molar-refractivity contribution in [1.29, 1.82) is 0 Å². The average Bonchev–Trinajstić information content (AvgIpc) is 2.88. The molecule has 0 radical (unpaired) electrons. The lowest BCUT2D eigenvalue weighted by Gasteiger charge is -2.22. The number of hydrogen-bond donors (Lipinski definition) is 1. The van der Waals surface area contributed by atoms with E-state index in [0.29, 0.717) is 11.8 Å². The van der Waals surface area contributed by atoms with E-state index in [1.807, 2.05) is 0 Å². The molecule has 3 atom stereocenters. The standard InChI is InChI=1S/C14H13BrClFO/c15-10-6-7-2-1-3-8(7)12(10)9-4-5-11(18)14(17)13(9)16/h4-8,12,18H,1-3H2. The maximum Gasteiger partial charge on any atom is 0.183 e. The summed E-state index contributed by atoms with van der Waals surface area (Å²) in [6, 6.07) is 3.13. The summed E-state index contributed by atoms with van der Waals surface area (Å²) in [4.78, 5) is 0. The number of phenolic OH excluding ortho intramolecular Hbond substituents is 1. The first-order chi connectivity index (χ1) is 8.59. The minimum atomic E-state index is -0.712. The molecule has 1 nitrogen and oxygen atoms in total. The van der Waals surface area contributed by atoms with Crippen molar-refractivity contribution in [3.8, 4) is 5.75 Å². The maximum absolute atomic E-state index is 13.7. The fourth-order valence-electron chi connectivity index (χ4n) is 3.32. The van der Waals surface area contributed by atoms with Gasteiger partial charge in [-0.1, -0.05) is 46.1 Å². The molecule has 1 saturated carbocycles. The third-order valence-electron chi connectivity index (χ3n) is 4.15. The fourth-order valence-corrected chi connectivity index (χ4v) is 4.53. The van der Waals surface area contributed by atoms with E-state index in [1.54, 1.807) is 6.07 Å². The number of fused-ring (bicyclic) bond motifs is 1. The molecule has 1 aromatic rings. The predicted octanol–water partition coefficient (Wildman–Crippen LogP) is 4.98. The molecule has 0 bridgehead atoms. The summed E-state index contributed by atoms with van der Waals surface area (Å²) < 4.78 is 14.8. The smallest absolute Gasteiger partial charge is 0.183 e. The van der Waals surface area contributed by atoms with E-state index in [0.717, 1.165) is 16.5 Å². The van der Waals surface area contributed by atoms with Crippen LogP contribution in [0.1, 0.15) is 30.7 Å². The van der Waals surface area contributed by atoms with Gasteiger partial charge in [0.1, 0.15) is 0 Å². The van der Waals surface area contributed by atoms with Gasteiger partial charge in [0.15, 0.2) is 11.6 Å². The lowest BCUT2D eigenvalue weighted by atomic mass is 9.85. The van der Waals surface area contributed by atoms with Gasteiger partial charge in [0.05, 0.1) is 5.02 Å². The first-order valence-corrected chi connectivity index (χ1v) is 7.30. The molecule has 0 aromatic heterocycles. The summed E-state index contributed by atoms with van der Waals surface area (Å²) in [5.74, 6) is 0.138. The minimum Gasteiger partial charge on any atom is -0.505 e. The van der Waals surface area contributed by atoms with Gasteiger partial charge >= 0.3 is 0 Å². The van der Waals surface area contributed by atoms with Crippen molar-refractivity contribution in [3.63, 3.8) is 0 Å². The van der Waals surface area contributed by atoms with Crippen LogP contribution in [0.2, 0.25) is 5.02 Å². The molecule has 0 amide bonds. The lowest BCUT2D eigenvalue weighted by molar-refractivity contribution is 0.425. The summed E-state index contributed by atoms with van der Waals surface area (Å²) in [6.07, 6.45) is 5.82. The second-order valence-electron chi connectivity index (χ2n) is 5.09. The fraction of sp³-hybridized carbons (Fsp3) is 0.429. The van der Waals surface area contributed by atoms with Gasteiger partial charge in [-0.25, -0.2) is 4.39 Å². The van der Waals surface area contributed by atoms with Crippen LogP contribution < -0.4 is 0 Å². The molecule has 1 N–H and O–H groups in total. The second-order valence-corrected chi connectivity index (χ2v) is 6.38. The maximum atomic E-state index is 13.7. The first-order valence-electron chi connectivity index (χ1n) is 6.13. The molecule has 2 aliphatic rings. The van der Waals surface area contributed by atoms with Crippen LogP contribution in [0.25, 0.3) is 0 Å². The number of benzene rings is 1. The monoisotopic (exact) mass is 330 g/mol. The molecule has 3 rings (SSSR count). The van der Waals surface area contributed by atoms with Gasteiger partial charge < -0.3 is 5.11 Å². The highest BCUT2D eigenvalue weighted by Gasteiger charge is 2.41. The zero-order valence-electron chi connectivity index (χ0n) is 9.67. The molecule has 1 aromatic carbocycles. The molecule has 0 aliphatic heterocycles. The number of aromatic hydroxyl groups is 1. The minimum absolute atomic E-state index is 0.0536. The van der Waals surface area contributed by atoms with Gasteiger partial charge in [0.2, 0.25) is 0 Å². The Balaban J connectivity index is 2.05. The Morgan fingerprint density at radius 1 is 1.33 bits per heavy atom. The molecule has 0 saturated heterocycles. The van der Waals surface area contributed by atoms with Gasteiger partial charge in [0, 0.05) is 5.92 Å². The van der Waals surface area contributed by atoms with Gasteiger partial charge in [-0.15, -0.1) is 0 Å². The quantitative estimate of drug-likeness (QED) is 0.769. The summed E-state index contributed by atoms with van der Waals surface area (Å²) >= 11 is 9.64. The summed E-state index contributed by atoms with van der Waals surface area (Å²) in [5.41, 5.74) is 0.782. The number of allylic oxidation sites excluding steroid dienone is 2. The van der Waals surface area contributed by atoms with Crippen molar-refractivity contribution in [1.82, 2.24) is 0 Å². The SMILES string of the molecule is Oc1ccc(C2C(Br)=CC3CCCC32)c(Cl)c1F. The van der Waals surface area contributed by atoms with Crippen molar-refractivity contribution in [3.05, 3.63) is 39.1 Å². The van der Waals surface area contributed by atoms with Crippen LogP contribution in [0.15, 0.2) is 22.7 Å². The topological polar surface area (TPSA) is 20.2 Å². The zero-order valence-corrected chi connectivity index (χ0v) is 12.0. The number of hydrogen-bond acceptors (Lipinski definition) is 1. The van der Waals surface area contributed by atoms with E-state index in [9.17, 15) is 9.50 Å². The van der Waals surface area contributed by atoms with Crippen molar-refractivity contribution >= 4 is 27.5 Å². The van der Waals surface area contributed by atoms with Gasteiger partial charge in [0.25, 0.3) is 0 Å². The molecule has 0 spiro atoms. The highest BCUT2D eigenvalue weighted by molar-refractivity contribution is 9.11. The van der Waals surface area contributed by atoms with E-state index < -0.39 is 5.82 Å². The van der Waals surface area contributed by atoms with Crippen LogP contribution in [0.5, 0.6) is 5.75 Å². The summed E-state index contributed by atoms with van der Waals surface area (Å²) in [5, 5.41) is 9.39. The molecule has 3 unspecified atom stereocenters. The Morgan fingerprint density at radius 2 is 2.11 bits per heavy atom. The average molecular weight is 332 g/mol. The normalized spacial score (nSPS) is 30.4. The van der Waals surface area contributed by atoms with E-state index in [1.165, 1.54) is 18.9 Å². The van der Waals surface area contributed by atoms with Crippen molar-refractivity contribution in [2.24, 2.45) is 11.8 Å². The highest BCUT2D eigenvalue weighted by Crippen LogP contribution is 2.54. The number of rotatable bonds is 1. The Labute approximate surface area is 119 Å². The van der Waals surface area contributed by atoms with Crippen molar-refractivity contribution in [2.45, 2.75) is 25.2 Å². The van der Waals surface area contributed by atoms with Crippen molar-refractivity contribution < 1.29 is 9.50 Å². The second kappa shape index (κ2) is 4.53. The van der Waals surface area contributed by atoms with E-state index >= 15 is 0 Å². The van der Waals surface area contributed by atoms with Crippen LogP contribution in [-0.4, -0.2) is 5.11 Å². The van der Waals surface area contributed by atoms with Crippen LogP contribution in [0.4, 0.5) is 4.39 Å². The van der Waals surface area contributed by atoms with Gasteiger partial charge in [-0.3, -0.25) is 0 Å². The summed E-state index contributed by atoms with van der Waals surface area (Å²) in [7, 11) is 0. The Morgan fingerprint density at radius 3 is 2.89 bits per heavy atom. The summed E-state index contributed by atoms with van der Waals surface area (Å²) in [6.45, 7) is 0. The van der Waals surface area contributed by atoms with Crippen LogP contribution in [0, 0.1) is 17.7 Å². The number of phenols is 1. The van der Waals surface area contributed by atoms with E-state index in [2.05, 4.69) is 22.0 Å². The van der Waals surface area contributed by atoms with Crippen molar-refractivity contribution in [2.75, 3.05) is 0 Å². The van der Waals surface area contributed by atoms with E-state index in [-0.39, 0.29) is 16.7 Å².